The van der Waals surface area contributed by atoms with Gasteiger partial charge in [-0.25, -0.2) is 0 Å². The summed E-state index contributed by atoms with van der Waals surface area (Å²) in [6, 6.07) is -0.0526. The van der Waals surface area contributed by atoms with Crippen molar-refractivity contribution < 1.29 is 21.9 Å². The smallest absolute Gasteiger partial charge is 0.466 e. The maximum atomic E-state index is 10.8. The quantitative estimate of drug-likeness (QED) is 0.150. The largest absolute Gasteiger partial charge is 0.486 e. The molecule has 0 aromatic carbocycles. The molecule has 5 nitrogen and oxygen atoms in total. The Morgan fingerprint density at radius 2 is 1.13 bits per heavy atom. The van der Waals surface area contributed by atoms with Gasteiger partial charge in [0, 0.05) is 13.0 Å². The Morgan fingerprint density at radius 3 is 1.39 bits per heavy atom. The first-order chi connectivity index (χ1) is 10.0. The molecule has 0 spiro atoms. The molecule has 0 amide bonds. The van der Waals surface area contributed by atoms with E-state index in [0.717, 1.165) is 0 Å². The molecule has 0 rings (SSSR count). The van der Waals surface area contributed by atoms with Gasteiger partial charge < -0.3 is 17.1 Å². The molecule has 0 bridgehead atoms. The molecule has 0 unspecified atom stereocenters. The van der Waals surface area contributed by atoms with Crippen molar-refractivity contribution in [2.45, 2.75) is 19.4 Å². The van der Waals surface area contributed by atoms with Gasteiger partial charge in [0.25, 0.3) is 0 Å². The Balaban J connectivity index is 5.32. The molecule has 138 valence electrons. The summed E-state index contributed by atoms with van der Waals surface area (Å²) in [7, 11) is -3.97. The Bertz CT molecular complexity index is 354. The van der Waals surface area contributed by atoms with Gasteiger partial charge in [0.1, 0.15) is 0 Å². The average molecular weight is 581 g/mol. The highest BCUT2D eigenvalue weighted by atomic mass is 35.9. The second-order valence-electron chi connectivity index (χ2n) is 3.77. The number of carbonyl (C=O) groups excluding carboxylic acids is 1. The molecule has 0 heterocycles. The van der Waals surface area contributed by atoms with E-state index in [-0.39, 0.29) is 19.1 Å². The van der Waals surface area contributed by atoms with Crippen molar-refractivity contribution in [1.82, 2.24) is 0 Å². The lowest BCUT2D eigenvalue weighted by molar-refractivity contribution is -0.140. The van der Waals surface area contributed by atoms with E-state index in [1.165, 1.54) is 6.92 Å². The summed E-state index contributed by atoms with van der Waals surface area (Å²) in [5.74, 6) is -0.484. The first-order valence-electron chi connectivity index (χ1n) is 5.48. The number of carbonyl (C=O) groups is 1. The van der Waals surface area contributed by atoms with Crippen LogP contribution in [0.25, 0.3) is 0 Å². The molecule has 0 aliphatic heterocycles. The fourth-order valence-electron chi connectivity index (χ4n) is 1.25. The van der Waals surface area contributed by atoms with E-state index in [1.807, 2.05) is 0 Å². The maximum Gasteiger partial charge on any atom is 0.486 e. The zero-order valence-corrected chi connectivity index (χ0v) is 21.9. The Labute approximate surface area is 179 Å². The lowest BCUT2D eigenvalue weighted by Crippen LogP contribution is -2.57. The molecule has 0 radical (unpaired) electrons. The fraction of sp³-hybridized carbons (Fsp3) is 0.800. The van der Waals surface area contributed by atoms with Crippen LogP contribution in [0.1, 0.15) is 13.3 Å². The number of rotatable bonds is 10. The maximum absolute atomic E-state index is 10.8. The minimum Gasteiger partial charge on any atom is -0.466 e. The van der Waals surface area contributed by atoms with Gasteiger partial charge >= 0.3 is 33.5 Å². The minimum absolute atomic E-state index is 0.00437. The van der Waals surface area contributed by atoms with Crippen LogP contribution in [-0.2, 0) is 21.9 Å². The number of esters is 1. The van der Waals surface area contributed by atoms with Gasteiger partial charge in [-0.15, -0.1) is 0 Å². The van der Waals surface area contributed by atoms with Crippen LogP contribution in [0.4, 0.5) is 0 Å². The van der Waals surface area contributed by atoms with Gasteiger partial charge in [0.2, 0.25) is 0 Å². The second-order valence-corrected chi connectivity index (χ2v) is 30.4. The van der Waals surface area contributed by atoms with Gasteiger partial charge in [0.15, 0.2) is 0 Å². The molecule has 0 saturated heterocycles. The minimum atomic E-state index is -3.97. The second kappa shape index (κ2) is 10.4. The standard InChI is InChI=1S/C5H9Cl9O5Si4/c1-5(15)16-3-2-4-20(17-21(6,7)8,18-22(9,10)11)19-23(12,13)14/h2-4H2,1H3. The third-order valence-electron chi connectivity index (χ3n) is 1.75. The number of hydrogen-bond donors (Lipinski definition) is 0. The van der Waals surface area contributed by atoms with Crippen molar-refractivity contribution >= 4 is 133 Å². The van der Waals surface area contributed by atoms with Gasteiger partial charge in [-0.05, 0) is 6.42 Å². The number of hydrogen-bond acceptors (Lipinski definition) is 5. The Morgan fingerprint density at radius 1 is 0.783 bits per heavy atom. The summed E-state index contributed by atoms with van der Waals surface area (Å²) in [5.41, 5.74) is 0. The van der Waals surface area contributed by atoms with Gasteiger partial charge in [-0.1, -0.05) is 99.7 Å². The van der Waals surface area contributed by atoms with Gasteiger partial charge in [-0.3, -0.25) is 4.79 Å². The number of ether oxygens (including phenoxy) is 1. The Hall–Kier alpha value is 2.83. The van der Waals surface area contributed by atoms with Crippen molar-refractivity contribution in [2.24, 2.45) is 0 Å². The molecular formula is C5H9Cl9O5Si4. The van der Waals surface area contributed by atoms with Crippen LogP contribution in [-0.4, -0.2) is 40.1 Å². The molecule has 23 heavy (non-hydrogen) atoms. The van der Waals surface area contributed by atoms with Crippen LogP contribution in [0.5, 0.6) is 0 Å². The van der Waals surface area contributed by atoms with Crippen LogP contribution in [0.2, 0.25) is 6.04 Å². The summed E-state index contributed by atoms with van der Waals surface area (Å²) in [6.07, 6.45) is -11.1. The van der Waals surface area contributed by atoms with Crippen molar-refractivity contribution in [3.05, 3.63) is 0 Å². The third kappa shape index (κ3) is 15.6. The molecular weight excluding hydrogens is 571 g/mol. The lowest BCUT2D eigenvalue weighted by atomic mass is 10.5. The SMILES string of the molecule is CC(=O)OCCC[Si](O[Si](Cl)(Cl)Cl)(O[Si](Cl)(Cl)Cl)O[Si](Cl)(Cl)Cl. The van der Waals surface area contributed by atoms with Crippen LogP contribution < -0.4 is 0 Å². The summed E-state index contributed by atoms with van der Waals surface area (Å²) < 4.78 is 20.8. The van der Waals surface area contributed by atoms with E-state index in [4.69, 9.17) is 117 Å². The Kier molecular flexibility index (Phi) is 11.7. The highest BCUT2D eigenvalue weighted by Gasteiger charge is 2.57. The predicted octanol–water partition coefficient (Wildman–Crippen LogP) is 5.38. The molecule has 0 fully saturated rings. The van der Waals surface area contributed by atoms with Crippen LogP contribution >= 0.6 is 99.7 Å². The molecule has 0 N–H and O–H groups in total. The summed E-state index contributed by atoms with van der Waals surface area (Å²) in [6.45, 7) is 1.25. The van der Waals surface area contributed by atoms with E-state index in [1.54, 1.807) is 0 Å². The molecule has 0 aromatic rings. The topological polar surface area (TPSA) is 54.0 Å². The first-order valence-corrected chi connectivity index (χ1v) is 22.2. The normalized spacial score (nSPS) is 14.0. The third-order valence-corrected chi connectivity index (χ3v) is 15.5. The molecule has 0 aliphatic rings. The van der Waals surface area contributed by atoms with Gasteiger partial charge in [0.05, 0.1) is 6.61 Å². The molecule has 18 heteroatoms. The van der Waals surface area contributed by atoms with Crippen LogP contribution in [0, 0.1) is 0 Å². The van der Waals surface area contributed by atoms with E-state index in [9.17, 15) is 4.79 Å². The highest BCUT2D eigenvalue weighted by Crippen LogP contribution is 2.39. The van der Waals surface area contributed by atoms with E-state index in [2.05, 4.69) is 0 Å². The summed E-state index contributed by atoms with van der Waals surface area (Å²) in [5, 5.41) is 0. The summed E-state index contributed by atoms with van der Waals surface area (Å²) >= 11 is 51.7. The van der Waals surface area contributed by atoms with Crippen molar-refractivity contribution in [1.29, 1.82) is 0 Å². The van der Waals surface area contributed by atoms with Crippen molar-refractivity contribution in [3.8, 4) is 0 Å². The molecule has 0 aromatic heterocycles. The number of halogens is 9. The van der Waals surface area contributed by atoms with E-state index < -0.39 is 33.5 Å². The monoisotopic (exact) mass is 576 g/mol. The van der Waals surface area contributed by atoms with E-state index in [0.29, 0.717) is 0 Å². The predicted molar refractivity (Wildman–Crippen MR) is 105 cm³/mol. The fourth-order valence-corrected chi connectivity index (χ4v) is 18.4. The van der Waals surface area contributed by atoms with Gasteiger partial charge in [-0.2, -0.15) is 0 Å². The van der Waals surface area contributed by atoms with Crippen LogP contribution in [0.3, 0.4) is 0 Å². The van der Waals surface area contributed by atoms with Crippen LogP contribution in [0.15, 0.2) is 0 Å². The zero-order valence-electron chi connectivity index (χ0n) is 11.1. The highest BCUT2D eigenvalue weighted by molar-refractivity contribution is 7.65. The molecule has 0 atom stereocenters. The first kappa shape index (κ1) is 25.8. The average Bonchev–Trinajstić information content (AvgIpc) is 2.16. The molecule has 0 saturated carbocycles. The lowest BCUT2D eigenvalue weighted by Gasteiger charge is -2.35. The zero-order chi connectivity index (χ0) is 18.5. The molecule has 0 aliphatic carbocycles. The van der Waals surface area contributed by atoms with Crippen molar-refractivity contribution in [3.63, 3.8) is 0 Å². The van der Waals surface area contributed by atoms with E-state index >= 15 is 0 Å². The van der Waals surface area contributed by atoms with Crippen molar-refractivity contribution in [2.75, 3.05) is 6.61 Å². The summed E-state index contributed by atoms with van der Waals surface area (Å²) in [4.78, 5) is 10.8.